The van der Waals surface area contributed by atoms with E-state index in [4.69, 9.17) is 4.74 Å². The van der Waals surface area contributed by atoms with Crippen molar-refractivity contribution in [2.75, 3.05) is 13.2 Å². The molecule has 0 aliphatic carbocycles. The third-order valence-corrected chi connectivity index (χ3v) is 3.22. The summed E-state index contributed by atoms with van der Waals surface area (Å²) in [6.07, 6.45) is 1.87. The first-order chi connectivity index (χ1) is 8.70. The van der Waals surface area contributed by atoms with Gasteiger partial charge in [-0.25, -0.2) is 0 Å². The Morgan fingerprint density at radius 3 is 3.11 bits per heavy atom. The first kappa shape index (κ1) is 12.9. The van der Waals surface area contributed by atoms with E-state index >= 15 is 0 Å². The molecule has 18 heavy (non-hydrogen) atoms. The second-order valence-electron chi connectivity index (χ2n) is 4.55. The van der Waals surface area contributed by atoms with Gasteiger partial charge in [0.05, 0.1) is 6.61 Å². The average molecular weight is 249 g/mol. The van der Waals surface area contributed by atoms with Gasteiger partial charge < -0.3 is 9.84 Å². The lowest BCUT2D eigenvalue weighted by molar-refractivity contribution is -0.148. The van der Waals surface area contributed by atoms with Crippen LogP contribution in [0.25, 0.3) is 0 Å². The van der Waals surface area contributed by atoms with E-state index < -0.39 is 0 Å². The fraction of sp³-hybridized carbons (Fsp3) is 0.500. The highest BCUT2D eigenvalue weighted by Crippen LogP contribution is 2.22. The Hall–Kier alpha value is -1.55. The number of carbonyl (C=O) groups is 1. The maximum Gasteiger partial charge on any atom is 0.323 e. The molecule has 1 heterocycles. The fourth-order valence-corrected chi connectivity index (χ4v) is 2.41. The molecule has 0 radical (unpaired) electrons. The van der Waals surface area contributed by atoms with Crippen molar-refractivity contribution in [3.05, 3.63) is 29.8 Å². The van der Waals surface area contributed by atoms with Gasteiger partial charge in [0.2, 0.25) is 0 Å². The van der Waals surface area contributed by atoms with E-state index in [1.807, 2.05) is 19.1 Å². The molecule has 1 unspecified atom stereocenters. The van der Waals surface area contributed by atoms with Crippen molar-refractivity contribution >= 4 is 5.97 Å². The number of ether oxygens (including phenoxy) is 1. The van der Waals surface area contributed by atoms with Crippen LogP contribution in [0.2, 0.25) is 0 Å². The summed E-state index contributed by atoms with van der Waals surface area (Å²) in [5.41, 5.74) is 1.02. The highest BCUT2D eigenvalue weighted by atomic mass is 16.5. The van der Waals surface area contributed by atoms with Gasteiger partial charge in [-0.3, -0.25) is 9.69 Å². The zero-order valence-corrected chi connectivity index (χ0v) is 10.6. The van der Waals surface area contributed by atoms with Crippen molar-refractivity contribution in [2.45, 2.75) is 32.4 Å². The number of rotatable bonds is 4. The molecular formula is C14H19NO3. The van der Waals surface area contributed by atoms with Crippen molar-refractivity contribution in [1.82, 2.24) is 4.90 Å². The quantitative estimate of drug-likeness (QED) is 0.828. The Bertz CT molecular complexity index is 419. The molecule has 98 valence electrons. The molecule has 0 bridgehead atoms. The summed E-state index contributed by atoms with van der Waals surface area (Å²) in [4.78, 5) is 13.9. The van der Waals surface area contributed by atoms with E-state index in [1.54, 1.807) is 12.1 Å². The van der Waals surface area contributed by atoms with Gasteiger partial charge in [-0.05, 0) is 44.0 Å². The van der Waals surface area contributed by atoms with Crippen molar-refractivity contribution in [2.24, 2.45) is 0 Å². The predicted octanol–water partition coefficient (Wildman–Crippen LogP) is 1.92. The normalized spacial score (nSPS) is 19.9. The molecule has 2 rings (SSSR count). The SMILES string of the molecule is CCOC(=O)C1CCCN1Cc1cccc(O)c1. The van der Waals surface area contributed by atoms with Crippen LogP contribution in [0.15, 0.2) is 24.3 Å². The van der Waals surface area contributed by atoms with Crippen molar-refractivity contribution in [3.8, 4) is 5.75 Å². The highest BCUT2D eigenvalue weighted by molar-refractivity contribution is 5.76. The smallest absolute Gasteiger partial charge is 0.323 e. The molecule has 1 saturated heterocycles. The van der Waals surface area contributed by atoms with Crippen molar-refractivity contribution in [3.63, 3.8) is 0 Å². The number of hydrogen-bond donors (Lipinski definition) is 1. The summed E-state index contributed by atoms with van der Waals surface area (Å²) in [7, 11) is 0. The van der Waals surface area contributed by atoms with Gasteiger partial charge in [-0.2, -0.15) is 0 Å². The zero-order chi connectivity index (χ0) is 13.0. The van der Waals surface area contributed by atoms with Crippen LogP contribution >= 0.6 is 0 Å². The van der Waals surface area contributed by atoms with Gasteiger partial charge in [0.1, 0.15) is 11.8 Å². The number of likely N-dealkylation sites (tertiary alicyclic amines) is 1. The first-order valence-corrected chi connectivity index (χ1v) is 6.39. The maximum absolute atomic E-state index is 11.8. The zero-order valence-electron chi connectivity index (χ0n) is 10.6. The third-order valence-electron chi connectivity index (χ3n) is 3.22. The van der Waals surface area contributed by atoms with Crippen molar-refractivity contribution < 1.29 is 14.6 Å². The number of hydrogen-bond acceptors (Lipinski definition) is 4. The van der Waals surface area contributed by atoms with Gasteiger partial charge in [0.15, 0.2) is 0 Å². The van der Waals surface area contributed by atoms with Crippen LogP contribution in [0.5, 0.6) is 5.75 Å². The summed E-state index contributed by atoms with van der Waals surface area (Å²) in [5.74, 6) is 0.134. The van der Waals surface area contributed by atoms with Gasteiger partial charge in [-0.1, -0.05) is 12.1 Å². The summed E-state index contributed by atoms with van der Waals surface area (Å²) >= 11 is 0. The van der Waals surface area contributed by atoms with Crippen LogP contribution in [0.1, 0.15) is 25.3 Å². The molecular weight excluding hydrogens is 230 g/mol. The van der Waals surface area contributed by atoms with Crippen LogP contribution in [-0.4, -0.2) is 35.2 Å². The lowest BCUT2D eigenvalue weighted by Gasteiger charge is -2.22. The van der Waals surface area contributed by atoms with Crippen LogP contribution in [0.4, 0.5) is 0 Å². The maximum atomic E-state index is 11.8. The molecule has 1 aromatic rings. The molecule has 4 nitrogen and oxygen atoms in total. The minimum atomic E-state index is -0.132. The van der Waals surface area contributed by atoms with Gasteiger partial charge in [0.25, 0.3) is 0 Å². The van der Waals surface area contributed by atoms with E-state index in [-0.39, 0.29) is 17.8 Å². The Labute approximate surface area is 107 Å². The van der Waals surface area contributed by atoms with E-state index in [9.17, 15) is 9.90 Å². The summed E-state index contributed by atoms with van der Waals surface area (Å²) in [6, 6.07) is 7.03. The molecule has 1 aliphatic rings. The standard InChI is InChI=1S/C14H19NO3/c1-2-18-14(17)13-7-4-8-15(13)10-11-5-3-6-12(16)9-11/h3,5-6,9,13,16H,2,4,7-8,10H2,1H3. The molecule has 0 saturated carbocycles. The van der Waals surface area contributed by atoms with Crippen molar-refractivity contribution in [1.29, 1.82) is 0 Å². The van der Waals surface area contributed by atoms with E-state index in [1.165, 1.54) is 0 Å². The number of phenolic OH excluding ortho intramolecular Hbond substituents is 1. The number of phenols is 1. The van der Waals surface area contributed by atoms with Gasteiger partial charge >= 0.3 is 5.97 Å². The van der Waals surface area contributed by atoms with Gasteiger partial charge in [-0.15, -0.1) is 0 Å². The molecule has 4 heteroatoms. The Morgan fingerprint density at radius 1 is 1.56 bits per heavy atom. The number of esters is 1. The topological polar surface area (TPSA) is 49.8 Å². The Morgan fingerprint density at radius 2 is 2.39 bits per heavy atom. The van der Waals surface area contributed by atoms with E-state index in [2.05, 4.69) is 4.90 Å². The minimum Gasteiger partial charge on any atom is -0.508 e. The number of benzene rings is 1. The van der Waals surface area contributed by atoms with Crippen LogP contribution < -0.4 is 0 Å². The predicted molar refractivity (Wildman–Crippen MR) is 68.2 cm³/mol. The van der Waals surface area contributed by atoms with Gasteiger partial charge in [0, 0.05) is 6.54 Å². The van der Waals surface area contributed by atoms with Crippen LogP contribution in [0, 0.1) is 0 Å². The third kappa shape index (κ3) is 3.01. The number of nitrogens with zero attached hydrogens (tertiary/aromatic N) is 1. The Kier molecular flexibility index (Phi) is 4.20. The molecule has 0 aromatic heterocycles. The second kappa shape index (κ2) is 5.87. The average Bonchev–Trinajstić information content (AvgIpc) is 2.77. The van der Waals surface area contributed by atoms with Crippen LogP contribution in [0.3, 0.4) is 0 Å². The number of aromatic hydroxyl groups is 1. The Balaban J connectivity index is 2.01. The molecule has 0 spiro atoms. The summed E-state index contributed by atoms with van der Waals surface area (Å²) < 4.78 is 5.09. The minimum absolute atomic E-state index is 0.129. The monoisotopic (exact) mass is 249 g/mol. The molecule has 1 fully saturated rings. The van der Waals surface area contributed by atoms with E-state index in [0.717, 1.165) is 24.9 Å². The molecule has 1 atom stereocenters. The molecule has 1 aliphatic heterocycles. The fourth-order valence-electron chi connectivity index (χ4n) is 2.41. The number of carbonyl (C=O) groups excluding carboxylic acids is 1. The highest BCUT2D eigenvalue weighted by Gasteiger charge is 2.31. The summed E-state index contributed by atoms with van der Waals surface area (Å²) in [6.45, 7) is 3.83. The van der Waals surface area contributed by atoms with E-state index in [0.29, 0.717) is 13.2 Å². The summed E-state index contributed by atoms with van der Waals surface area (Å²) in [5, 5.41) is 9.44. The lowest BCUT2D eigenvalue weighted by Crippen LogP contribution is -2.36. The van der Waals surface area contributed by atoms with Crippen LogP contribution in [-0.2, 0) is 16.1 Å². The largest absolute Gasteiger partial charge is 0.508 e. The first-order valence-electron chi connectivity index (χ1n) is 6.39. The molecule has 0 amide bonds. The second-order valence-corrected chi connectivity index (χ2v) is 4.55. The lowest BCUT2D eigenvalue weighted by atomic mass is 10.1. The molecule has 1 aromatic carbocycles. The molecule has 1 N–H and O–H groups in total.